The normalized spacial score (nSPS) is 13.8. The molecule has 0 radical (unpaired) electrons. The maximum Gasteiger partial charge on any atom is 0.0665 e. The lowest BCUT2D eigenvalue weighted by molar-refractivity contribution is 0.0631. The van der Waals surface area contributed by atoms with Gasteiger partial charge in [-0.3, -0.25) is 0 Å². The molecule has 0 amide bonds. The molecule has 0 aromatic rings. The SMILES string of the molecule is CCCCCCCCCCCCS[C@@H](CCCCCCC)[C@@H](C)OCCC. The number of unbranched alkanes of at least 4 members (excludes halogenated alkanes) is 13. The Morgan fingerprint density at radius 1 is 0.593 bits per heavy atom. The van der Waals surface area contributed by atoms with Crippen molar-refractivity contribution in [3.05, 3.63) is 0 Å². The van der Waals surface area contributed by atoms with E-state index in [1.54, 1.807) is 0 Å². The first-order valence-electron chi connectivity index (χ1n) is 12.5. The van der Waals surface area contributed by atoms with E-state index in [1.807, 2.05) is 0 Å². The van der Waals surface area contributed by atoms with Crippen molar-refractivity contribution in [3.8, 4) is 0 Å². The molecule has 0 rings (SSSR count). The summed E-state index contributed by atoms with van der Waals surface area (Å²) in [5, 5.41) is 0.705. The lowest BCUT2D eigenvalue weighted by Gasteiger charge is -2.24. The molecule has 0 aromatic heterocycles. The minimum absolute atomic E-state index is 0.421. The van der Waals surface area contributed by atoms with Crippen LogP contribution in [0.1, 0.15) is 137 Å². The molecule has 0 fully saturated rings. The number of rotatable bonds is 22. The molecule has 0 spiro atoms. The van der Waals surface area contributed by atoms with Crippen LogP contribution in [0.3, 0.4) is 0 Å². The second-order valence-electron chi connectivity index (χ2n) is 8.37. The molecule has 0 unspecified atom stereocenters. The maximum absolute atomic E-state index is 6.06. The zero-order chi connectivity index (χ0) is 20.0. The standard InChI is InChI=1S/C25H52OS/c1-5-8-10-12-13-14-15-16-18-20-23-27-25(24(4)26-22-7-3)21-19-17-11-9-6-2/h24-25H,5-23H2,1-4H3/t24-,25+/m1/s1. The van der Waals surface area contributed by atoms with Crippen LogP contribution in [-0.4, -0.2) is 23.7 Å². The fourth-order valence-electron chi connectivity index (χ4n) is 3.64. The van der Waals surface area contributed by atoms with Gasteiger partial charge in [-0.1, -0.05) is 111 Å². The average Bonchev–Trinajstić information content (AvgIpc) is 2.68. The Kier molecular flexibility index (Phi) is 22.9. The number of thioether (sulfide) groups is 1. The molecule has 0 N–H and O–H groups in total. The van der Waals surface area contributed by atoms with E-state index >= 15 is 0 Å². The summed E-state index contributed by atoms with van der Waals surface area (Å²) in [5.41, 5.74) is 0. The summed E-state index contributed by atoms with van der Waals surface area (Å²) in [6.07, 6.45) is 24.2. The summed E-state index contributed by atoms with van der Waals surface area (Å²) in [7, 11) is 0. The lowest BCUT2D eigenvalue weighted by atomic mass is 10.1. The zero-order valence-corrected chi connectivity index (χ0v) is 20.2. The van der Waals surface area contributed by atoms with Gasteiger partial charge in [-0.25, -0.2) is 0 Å². The molecule has 0 saturated carbocycles. The van der Waals surface area contributed by atoms with Gasteiger partial charge in [0.25, 0.3) is 0 Å². The van der Waals surface area contributed by atoms with E-state index < -0.39 is 0 Å². The molecular formula is C25H52OS. The largest absolute Gasteiger partial charge is 0.377 e. The smallest absolute Gasteiger partial charge is 0.0665 e. The molecule has 1 nitrogen and oxygen atoms in total. The van der Waals surface area contributed by atoms with Crippen LogP contribution in [0.15, 0.2) is 0 Å². The van der Waals surface area contributed by atoms with Crippen molar-refractivity contribution in [1.29, 1.82) is 0 Å². The molecule has 2 atom stereocenters. The van der Waals surface area contributed by atoms with Crippen molar-refractivity contribution in [1.82, 2.24) is 0 Å². The maximum atomic E-state index is 6.06. The minimum Gasteiger partial charge on any atom is -0.377 e. The van der Waals surface area contributed by atoms with Gasteiger partial charge in [0.1, 0.15) is 0 Å². The van der Waals surface area contributed by atoms with E-state index in [1.165, 1.54) is 108 Å². The van der Waals surface area contributed by atoms with Crippen molar-refractivity contribution in [3.63, 3.8) is 0 Å². The fraction of sp³-hybridized carbons (Fsp3) is 1.00. The fourth-order valence-corrected chi connectivity index (χ4v) is 4.99. The molecule has 0 aromatic carbocycles. The molecule has 27 heavy (non-hydrogen) atoms. The van der Waals surface area contributed by atoms with E-state index in [-0.39, 0.29) is 0 Å². The predicted molar refractivity (Wildman–Crippen MR) is 127 cm³/mol. The molecule has 0 aliphatic rings. The summed E-state index contributed by atoms with van der Waals surface area (Å²) in [6, 6.07) is 0. The van der Waals surface area contributed by atoms with Crippen LogP contribution in [0.2, 0.25) is 0 Å². The van der Waals surface area contributed by atoms with E-state index in [2.05, 4.69) is 39.5 Å². The minimum atomic E-state index is 0.421. The van der Waals surface area contributed by atoms with Crippen molar-refractivity contribution in [2.45, 2.75) is 148 Å². The molecule has 0 aliphatic carbocycles. The second kappa shape index (κ2) is 22.6. The third-order valence-electron chi connectivity index (χ3n) is 5.53. The van der Waals surface area contributed by atoms with Crippen LogP contribution >= 0.6 is 11.8 Å². The lowest BCUT2D eigenvalue weighted by Crippen LogP contribution is -2.24. The highest BCUT2D eigenvalue weighted by Crippen LogP contribution is 2.25. The third kappa shape index (κ3) is 19.4. The molecular weight excluding hydrogens is 348 g/mol. The van der Waals surface area contributed by atoms with E-state index in [9.17, 15) is 0 Å². The summed E-state index contributed by atoms with van der Waals surface area (Å²) in [4.78, 5) is 0. The first-order valence-corrected chi connectivity index (χ1v) is 13.5. The van der Waals surface area contributed by atoms with Gasteiger partial charge in [-0.05, 0) is 31.9 Å². The zero-order valence-electron chi connectivity index (χ0n) is 19.4. The number of ether oxygens (including phenoxy) is 1. The Morgan fingerprint density at radius 2 is 1.07 bits per heavy atom. The average molecular weight is 401 g/mol. The highest BCUT2D eigenvalue weighted by atomic mass is 32.2. The third-order valence-corrected chi connectivity index (χ3v) is 7.10. The highest BCUT2D eigenvalue weighted by Gasteiger charge is 2.17. The molecule has 2 heteroatoms. The van der Waals surface area contributed by atoms with Gasteiger partial charge in [0, 0.05) is 11.9 Å². The summed E-state index contributed by atoms with van der Waals surface area (Å²) >= 11 is 2.20. The van der Waals surface area contributed by atoms with Gasteiger partial charge < -0.3 is 4.74 Å². The Morgan fingerprint density at radius 3 is 1.59 bits per heavy atom. The van der Waals surface area contributed by atoms with Crippen LogP contribution in [0.25, 0.3) is 0 Å². The predicted octanol–water partition coefficient (Wildman–Crippen LogP) is 9.18. The van der Waals surface area contributed by atoms with Crippen molar-refractivity contribution < 1.29 is 4.74 Å². The van der Waals surface area contributed by atoms with Crippen molar-refractivity contribution in [2.75, 3.05) is 12.4 Å². The summed E-state index contributed by atoms with van der Waals surface area (Å²) in [5.74, 6) is 1.33. The molecule has 0 saturated heterocycles. The van der Waals surface area contributed by atoms with Crippen LogP contribution in [-0.2, 0) is 4.74 Å². The first kappa shape index (κ1) is 27.3. The van der Waals surface area contributed by atoms with E-state index in [0.717, 1.165) is 13.0 Å². The Bertz CT molecular complexity index is 269. The van der Waals surface area contributed by atoms with Crippen LogP contribution < -0.4 is 0 Å². The van der Waals surface area contributed by atoms with Crippen LogP contribution in [0.4, 0.5) is 0 Å². The second-order valence-corrected chi connectivity index (χ2v) is 9.72. The molecule has 0 bridgehead atoms. The van der Waals surface area contributed by atoms with Gasteiger partial charge in [0.2, 0.25) is 0 Å². The van der Waals surface area contributed by atoms with Crippen molar-refractivity contribution in [2.24, 2.45) is 0 Å². The van der Waals surface area contributed by atoms with Gasteiger partial charge in [-0.2, -0.15) is 11.8 Å². The number of hydrogen-bond donors (Lipinski definition) is 0. The van der Waals surface area contributed by atoms with Crippen LogP contribution in [0.5, 0.6) is 0 Å². The highest BCUT2D eigenvalue weighted by molar-refractivity contribution is 7.99. The topological polar surface area (TPSA) is 9.23 Å². The Labute approximate surface area is 177 Å². The van der Waals surface area contributed by atoms with E-state index in [0.29, 0.717) is 11.4 Å². The number of hydrogen-bond acceptors (Lipinski definition) is 2. The van der Waals surface area contributed by atoms with Gasteiger partial charge in [0.15, 0.2) is 0 Å². The monoisotopic (exact) mass is 400 g/mol. The molecule has 164 valence electrons. The Balaban J connectivity index is 3.74. The summed E-state index contributed by atoms with van der Waals surface area (Å²) < 4.78 is 6.06. The van der Waals surface area contributed by atoms with Gasteiger partial charge in [0.05, 0.1) is 6.10 Å². The van der Waals surface area contributed by atoms with Crippen molar-refractivity contribution >= 4 is 11.8 Å². The Hall–Kier alpha value is 0.310. The van der Waals surface area contributed by atoms with Crippen LogP contribution in [0, 0.1) is 0 Å². The molecule has 0 aliphatic heterocycles. The molecule has 0 heterocycles. The quantitative estimate of drug-likeness (QED) is 0.167. The van der Waals surface area contributed by atoms with Gasteiger partial charge in [-0.15, -0.1) is 0 Å². The first-order chi connectivity index (χ1) is 13.3. The van der Waals surface area contributed by atoms with E-state index in [4.69, 9.17) is 4.74 Å². The van der Waals surface area contributed by atoms with Gasteiger partial charge >= 0.3 is 0 Å². The summed E-state index contributed by atoms with van der Waals surface area (Å²) in [6.45, 7) is 10.0.